The highest BCUT2D eigenvalue weighted by Crippen LogP contribution is 2.54. The van der Waals surface area contributed by atoms with Gasteiger partial charge >= 0.3 is 0 Å². The maximum Gasteiger partial charge on any atom is 0.257 e. The van der Waals surface area contributed by atoms with Crippen molar-refractivity contribution in [1.29, 1.82) is 0 Å². The first-order valence-electron chi connectivity index (χ1n) is 13.4. The minimum Gasteiger partial charge on any atom is -0.390 e. The third-order valence-electron chi connectivity index (χ3n) is 8.63. The van der Waals surface area contributed by atoms with Crippen molar-refractivity contribution in [2.24, 2.45) is 22.7 Å². The predicted octanol–water partition coefficient (Wildman–Crippen LogP) is 0.191. The second-order valence-corrected chi connectivity index (χ2v) is 11.9. The number of benzene rings is 1. The Kier molecular flexibility index (Phi) is 6.96. The van der Waals surface area contributed by atoms with Crippen molar-refractivity contribution in [3.05, 3.63) is 53.9 Å². The number of hydrogen-bond acceptors (Lipinski definition) is 6. The molecule has 5 rings (SSSR count). The normalized spacial score (nSPS) is 24.0. The number of likely N-dealkylation sites (N-methyl/N-ethyl adjacent to an activating group) is 1. The summed E-state index contributed by atoms with van der Waals surface area (Å²) in [5, 5.41) is 22.8. The number of rotatable bonds is 8. The van der Waals surface area contributed by atoms with Gasteiger partial charge in [0.15, 0.2) is 0 Å². The molecule has 39 heavy (non-hydrogen) atoms. The fourth-order valence-electron chi connectivity index (χ4n) is 6.05. The average Bonchev–Trinajstić information content (AvgIpc) is 3.28. The topological polar surface area (TPSA) is 148 Å². The fraction of sp³-hybridized carbons (Fsp3) is 0.536. The summed E-state index contributed by atoms with van der Waals surface area (Å²) < 4.78 is 0. The summed E-state index contributed by atoms with van der Waals surface area (Å²) in [6.07, 6.45) is 2.82. The molecule has 3 fully saturated rings. The molecule has 1 saturated carbocycles. The molecule has 0 bridgehead atoms. The van der Waals surface area contributed by atoms with Crippen LogP contribution in [-0.2, 0) is 20.8 Å². The van der Waals surface area contributed by atoms with Crippen LogP contribution < -0.4 is 10.6 Å². The molecule has 2 aromatic rings. The summed E-state index contributed by atoms with van der Waals surface area (Å²) in [7, 11) is 1.45. The van der Waals surface area contributed by atoms with E-state index in [1.54, 1.807) is 9.80 Å². The summed E-state index contributed by atoms with van der Waals surface area (Å²) in [5.74, 6) is -1.76. The van der Waals surface area contributed by atoms with E-state index in [0.29, 0.717) is 25.2 Å². The van der Waals surface area contributed by atoms with Gasteiger partial charge in [-0.1, -0.05) is 44.2 Å². The van der Waals surface area contributed by atoms with Crippen molar-refractivity contribution >= 4 is 23.6 Å². The van der Waals surface area contributed by atoms with Crippen LogP contribution in [0.4, 0.5) is 0 Å². The summed E-state index contributed by atoms with van der Waals surface area (Å²) in [5.41, 5.74) is 0.583. The Morgan fingerprint density at radius 2 is 1.77 bits per heavy atom. The standard InChI is InChI=1S/C28H36N6O5/c1-27(2)10-19(27)26(39)34-15-28(16-34)14-33(25(38)18-11-30-31-12-18)13-20(28)23(36)32-22(24(37)29-3)21(35)9-17-7-5-4-6-8-17/h4-8,11-12,19-22,35H,9-10,13-16H2,1-3H3,(H,29,37)(H,30,31)(H,32,36)/t19-,20+,21?,22?/m1/s1. The Morgan fingerprint density at radius 3 is 2.36 bits per heavy atom. The maximum absolute atomic E-state index is 13.8. The van der Waals surface area contributed by atoms with Gasteiger partial charge in [0.1, 0.15) is 6.04 Å². The number of aliphatic hydroxyl groups is 1. The molecule has 11 nitrogen and oxygen atoms in total. The number of nitrogens with zero attached hydrogens (tertiary/aromatic N) is 3. The lowest BCUT2D eigenvalue weighted by atomic mass is 9.70. The highest BCUT2D eigenvalue weighted by molar-refractivity contribution is 5.95. The van der Waals surface area contributed by atoms with Crippen LogP contribution in [0.3, 0.4) is 0 Å². The van der Waals surface area contributed by atoms with Crippen molar-refractivity contribution in [2.75, 3.05) is 33.2 Å². The predicted molar refractivity (Wildman–Crippen MR) is 141 cm³/mol. The lowest BCUT2D eigenvalue weighted by Gasteiger charge is -2.50. The Balaban J connectivity index is 1.33. The van der Waals surface area contributed by atoms with Gasteiger partial charge in [-0.3, -0.25) is 24.3 Å². The van der Waals surface area contributed by atoms with E-state index in [9.17, 15) is 24.3 Å². The quantitative estimate of drug-likeness (QED) is 0.379. The van der Waals surface area contributed by atoms with E-state index in [1.807, 2.05) is 30.3 Å². The molecular formula is C28H36N6O5. The second-order valence-electron chi connectivity index (χ2n) is 11.9. The zero-order valence-corrected chi connectivity index (χ0v) is 22.5. The number of amides is 4. The first-order valence-corrected chi connectivity index (χ1v) is 13.4. The molecule has 4 atom stereocenters. The SMILES string of the molecule is CNC(=O)C(NC(=O)[C@@H]1CN(C(=O)c2cn[nH]c2)CC12CN(C(=O)[C@H]1CC1(C)C)C2)C(O)Cc1ccccc1. The number of carbonyl (C=O) groups excluding carboxylic acids is 4. The third-order valence-corrected chi connectivity index (χ3v) is 8.63. The number of likely N-dealkylation sites (tertiary alicyclic amines) is 2. The van der Waals surface area contributed by atoms with Gasteiger partial charge < -0.3 is 25.5 Å². The number of carbonyl (C=O) groups is 4. The molecule has 208 valence electrons. The zero-order valence-electron chi connectivity index (χ0n) is 22.5. The molecule has 4 amide bonds. The highest BCUT2D eigenvalue weighted by atomic mass is 16.3. The summed E-state index contributed by atoms with van der Waals surface area (Å²) in [4.78, 5) is 56.1. The molecule has 2 unspecified atom stereocenters. The zero-order chi connectivity index (χ0) is 27.9. The van der Waals surface area contributed by atoms with Gasteiger partial charge in [0.05, 0.1) is 23.8 Å². The Hall–Kier alpha value is -3.73. The van der Waals surface area contributed by atoms with E-state index < -0.39 is 35.3 Å². The first-order chi connectivity index (χ1) is 18.5. The van der Waals surface area contributed by atoms with Gasteiger partial charge in [0.25, 0.3) is 5.91 Å². The number of aromatic amines is 1. The van der Waals surface area contributed by atoms with Gasteiger partial charge in [-0.15, -0.1) is 0 Å². The number of aromatic nitrogens is 2. The van der Waals surface area contributed by atoms with E-state index in [4.69, 9.17) is 0 Å². The molecule has 4 N–H and O–H groups in total. The number of aliphatic hydroxyl groups excluding tert-OH is 1. The van der Waals surface area contributed by atoms with Crippen molar-refractivity contribution in [2.45, 2.75) is 38.8 Å². The van der Waals surface area contributed by atoms with Gasteiger partial charge in [-0.2, -0.15) is 5.10 Å². The van der Waals surface area contributed by atoms with Gasteiger partial charge in [-0.25, -0.2) is 0 Å². The van der Waals surface area contributed by atoms with Crippen LogP contribution in [0.15, 0.2) is 42.7 Å². The summed E-state index contributed by atoms with van der Waals surface area (Å²) in [6.45, 7) is 5.32. The number of H-pyrrole nitrogens is 1. The summed E-state index contributed by atoms with van der Waals surface area (Å²) in [6, 6.07) is 8.06. The smallest absolute Gasteiger partial charge is 0.257 e. The Labute approximate surface area is 227 Å². The Morgan fingerprint density at radius 1 is 1.10 bits per heavy atom. The number of nitrogens with one attached hydrogen (secondary N) is 3. The largest absolute Gasteiger partial charge is 0.390 e. The van der Waals surface area contributed by atoms with Crippen LogP contribution in [0.2, 0.25) is 0 Å². The molecule has 1 aromatic heterocycles. The van der Waals surface area contributed by atoms with Crippen molar-refractivity contribution in [1.82, 2.24) is 30.6 Å². The van der Waals surface area contributed by atoms with E-state index >= 15 is 0 Å². The minimum atomic E-state index is -1.18. The lowest BCUT2D eigenvalue weighted by Crippen LogP contribution is -2.65. The second kappa shape index (κ2) is 10.1. The van der Waals surface area contributed by atoms with Crippen molar-refractivity contribution < 1.29 is 24.3 Å². The monoisotopic (exact) mass is 536 g/mol. The highest BCUT2D eigenvalue weighted by Gasteiger charge is 2.62. The average molecular weight is 537 g/mol. The molecule has 3 aliphatic rings. The molecule has 1 spiro atoms. The van der Waals surface area contributed by atoms with E-state index in [1.165, 1.54) is 19.4 Å². The van der Waals surface area contributed by atoms with Gasteiger partial charge in [0, 0.05) is 57.2 Å². The minimum absolute atomic E-state index is 0.00873. The molecule has 0 radical (unpaired) electrons. The van der Waals surface area contributed by atoms with E-state index in [-0.39, 0.29) is 36.1 Å². The number of hydrogen-bond donors (Lipinski definition) is 4. The molecule has 3 heterocycles. The molecule has 11 heteroatoms. The van der Waals surface area contributed by atoms with Crippen LogP contribution >= 0.6 is 0 Å². The van der Waals surface area contributed by atoms with Crippen LogP contribution in [0, 0.1) is 22.7 Å². The molecular weight excluding hydrogens is 500 g/mol. The van der Waals surface area contributed by atoms with Gasteiger partial charge in [0.2, 0.25) is 17.7 Å². The van der Waals surface area contributed by atoms with Crippen LogP contribution in [0.5, 0.6) is 0 Å². The molecule has 1 aliphatic carbocycles. The maximum atomic E-state index is 13.8. The van der Waals surface area contributed by atoms with Crippen LogP contribution in [0.25, 0.3) is 0 Å². The summed E-state index contributed by atoms with van der Waals surface area (Å²) >= 11 is 0. The fourth-order valence-corrected chi connectivity index (χ4v) is 6.05. The van der Waals surface area contributed by atoms with E-state index in [2.05, 4.69) is 34.7 Å². The van der Waals surface area contributed by atoms with Crippen LogP contribution in [0.1, 0.15) is 36.2 Å². The lowest BCUT2D eigenvalue weighted by molar-refractivity contribution is -0.152. The van der Waals surface area contributed by atoms with Crippen molar-refractivity contribution in [3.8, 4) is 0 Å². The molecule has 2 saturated heterocycles. The third kappa shape index (κ3) is 5.15. The van der Waals surface area contributed by atoms with E-state index in [0.717, 1.165) is 12.0 Å². The molecule has 2 aliphatic heterocycles. The van der Waals surface area contributed by atoms with Gasteiger partial charge in [-0.05, 0) is 17.4 Å². The van der Waals surface area contributed by atoms with Crippen LogP contribution in [-0.4, -0.2) is 94.1 Å². The van der Waals surface area contributed by atoms with Crippen molar-refractivity contribution in [3.63, 3.8) is 0 Å². The molecule has 1 aromatic carbocycles. The Bertz CT molecular complexity index is 1240. The first kappa shape index (κ1) is 26.9.